The molecule has 0 saturated carbocycles. The lowest BCUT2D eigenvalue weighted by Crippen LogP contribution is -2.53. The summed E-state index contributed by atoms with van der Waals surface area (Å²) in [5.41, 5.74) is 2.10. The molecule has 3 nitrogen and oxygen atoms in total. The van der Waals surface area contributed by atoms with Gasteiger partial charge in [0, 0.05) is 42.3 Å². The molecule has 19 heavy (non-hydrogen) atoms. The maximum Gasteiger partial charge on any atom is 0.192 e. The van der Waals surface area contributed by atoms with Gasteiger partial charge in [0.15, 0.2) is 5.43 Å². The summed E-state index contributed by atoms with van der Waals surface area (Å²) in [5.74, 6) is 0. The summed E-state index contributed by atoms with van der Waals surface area (Å²) in [7, 11) is 2.08. The predicted octanol–water partition coefficient (Wildman–Crippen LogP) is 1.15. The number of aromatic nitrogens is 1. The van der Waals surface area contributed by atoms with Crippen molar-refractivity contribution in [2.45, 2.75) is 33.7 Å². The van der Waals surface area contributed by atoms with Crippen LogP contribution in [0.2, 0.25) is 0 Å². The van der Waals surface area contributed by atoms with E-state index in [1.807, 2.05) is 38.3 Å². The van der Waals surface area contributed by atoms with Crippen molar-refractivity contribution >= 4 is 11.8 Å². The third-order valence-electron chi connectivity index (χ3n) is 3.83. The van der Waals surface area contributed by atoms with E-state index in [1.165, 1.54) is 0 Å². The molecule has 0 fully saturated rings. The van der Waals surface area contributed by atoms with Gasteiger partial charge in [0.05, 0.1) is 5.35 Å². The van der Waals surface area contributed by atoms with Crippen molar-refractivity contribution in [3.63, 3.8) is 0 Å². The van der Waals surface area contributed by atoms with Crippen molar-refractivity contribution in [1.29, 1.82) is 0 Å². The van der Waals surface area contributed by atoms with E-state index in [2.05, 4.69) is 30.4 Å². The molecule has 1 unspecified atom stereocenters. The first-order chi connectivity index (χ1) is 8.97. The molecule has 1 aromatic heterocycles. The Kier molecular flexibility index (Phi) is 3.65. The average molecular weight is 258 g/mol. The van der Waals surface area contributed by atoms with E-state index in [4.69, 9.17) is 0 Å². The van der Waals surface area contributed by atoms with Crippen molar-refractivity contribution in [3.05, 3.63) is 44.7 Å². The molecular weight excluding hydrogens is 236 g/mol. The van der Waals surface area contributed by atoms with Gasteiger partial charge in [-0.2, -0.15) is 0 Å². The smallest absolute Gasteiger partial charge is 0.192 e. The van der Waals surface area contributed by atoms with E-state index in [1.54, 1.807) is 0 Å². The molecular formula is C16H22N2O. The fourth-order valence-electron chi connectivity index (χ4n) is 2.67. The minimum absolute atomic E-state index is 0.131. The van der Waals surface area contributed by atoms with Crippen LogP contribution >= 0.6 is 0 Å². The molecule has 102 valence electrons. The predicted molar refractivity (Wildman–Crippen MR) is 80.4 cm³/mol. The molecule has 2 heterocycles. The van der Waals surface area contributed by atoms with Crippen molar-refractivity contribution in [3.8, 4) is 0 Å². The van der Waals surface area contributed by atoms with Gasteiger partial charge < -0.3 is 9.47 Å². The summed E-state index contributed by atoms with van der Waals surface area (Å²) in [6.45, 7) is 9.10. The number of aryl methyl sites for hydroxylation is 1. The fourth-order valence-corrected chi connectivity index (χ4v) is 2.67. The van der Waals surface area contributed by atoms with Gasteiger partial charge in [0.25, 0.3) is 0 Å². The normalized spacial score (nSPS) is 20.3. The van der Waals surface area contributed by atoms with Crippen molar-refractivity contribution in [1.82, 2.24) is 9.47 Å². The summed E-state index contributed by atoms with van der Waals surface area (Å²) in [5, 5.41) is 1.85. The average Bonchev–Trinajstić information content (AvgIpc) is 2.37. The number of hydrogen-bond acceptors (Lipinski definition) is 2. The minimum Gasteiger partial charge on any atom is -0.374 e. The highest BCUT2D eigenvalue weighted by Crippen LogP contribution is 2.12. The van der Waals surface area contributed by atoms with Gasteiger partial charge in [0.1, 0.15) is 0 Å². The largest absolute Gasteiger partial charge is 0.374 e. The van der Waals surface area contributed by atoms with E-state index in [9.17, 15) is 4.79 Å². The van der Waals surface area contributed by atoms with Crippen LogP contribution in [0.15, 0.2) is 23.1 Å². The first kappa shape index (κ1) is 13.7. The lowest BCUT2D eigenvalue weighted by Gasteiger charge is -2.32. The molecule has 1 aromatic rings. The molecule has 0 spiro atoms. The first-order valence-corrected chi connectivity index (χ1v) is 6.74. The number of nitrogens with zero attached hydrogens (tertiary/aromatic N) is 2. The molecule has 0 amide bonds. The second-order valence-electron chi connectivity index (χ2n) is 5.32. The van der Waals surface area contributed by atoms with Crippen LogP contribution in [0.3, 0.4) is 0 Å². The van der Waals surface area contributed by atoms with Gasteiger partial charge in [0.2, 0.25) is 0 Å². The Morgan fingerprint density at radius 2 is 2.05 bits per heavy atom. The SMILES string of the molecule is C/C=C\C=c1\c(=O)c(C)cn2c1=C(C)N(C)CC2C. The third kappa shape index (κ3) is 2.25. The Morgan fingerprint density at radius 3 is 2.68 bits per heavy atom. The molecule has 1 aliphatic rings. The summed E-state index contributed by atoms with van der Waals surface area (Å²) < 4.78 is 2.24. The Labute approximate surface area is 114 Å². The van der Waals surface area contributed by atoms with Crippen LogP contribution < -0.4 is 16.0 Å². The number of likely N-dealkylation sites (N-methyl/N-ethyl adjacent to an activating group) is 1. The summed E-state index contributed by atoms with van der Waals surface area (Å²) in [6, 6.07) is 0.376. The van der Waals surface area contributed by atoms with Crippen molar-refractivity contribution < 1.29 is 0 Å². The minimum atomic E-state index is 0.131. The molecule has 0 bridgehead atoms. The molecule has 0 aromatic carbocycles. The number of allylic oxidation sites excluding steroid dienone is 2. The summed E-state index contributed by atoms with van der Waals surface area (Å²) >= 11 is 0. The molecule has 0 saturated heterocycles. The summed E-state index contributed by atoms with van der Waals surface area (Å²) in [4.78, 5) is 14.6. The zero-order chi connectivity index (χ0) is 14.2. The molecule has 0 radical (unpaired) electrons. The maximum atomic E-state index is 12.4. The number of pyridine rings is 1. The summed E-state index contributed by atoms with van der Waals surface area (Å²) in [6.07, 6.45) is 7.80. The Hall–Kier alpha value is -1.77. The second-order valence-corrected chi connectivity index (χ2v) is 5.32. The molecule has 0 aliphatic carbocycles. The Balaban J connectivity index is 3.02. The molecule has 1 aliphatic heterocycles. The maximum absolute atomic E-state index is 12.4. The van der Waals surface area contributed by atoms with Crippen LogP contribution in [0.4, 0.5) is 0 Å². The van der Waals surface area contributed by atoms with Gasteiger partial charge in [-0.25, -0.2) is 0 Å². The zero-order valence-corrected chi connectivity index (χ0v) is 12.4. The van der Waals surface area contributed by atoms with Crippen LogP contribution in [-0.2, 0) is 0 Å². The van der Waals surface area contributed by atoms with Crippen LogP contribution in [0, 0.1) is 6.92 Å². The quantitative estimate of drug-likeness (QED) is 0.755. The van der Waals surface area contributed by atoms with Gasteiger partial charge in [-0.1, -0.05) is 12.2 Å². The second kappa shape index (κ2) is 5.08. The lowest BCUT2D eigenvalue weighted by atomic mass is 10.1. The van der Waals surface area contributed by atoms with E-state index >= 15 is 0 Å². The van der Waals surface area contributed by atoms with Crippen LogP contribution in [0.1, 0.15) is 32.4 Å². The van der Waals surface area contributed by atoms with E-state index in [0.29, 0.717) is 6.04 Å². The highest BCUT2D eigenvalue weighted by molar-refractivity contribution is 5.45. The van der Waals surface area contributed by atoms with Crippen LogP contribution in [-0.4, -0.2) is 23.1 Å². The molecule has 0 N–H and O–H groups in total. The molecule has 2 rings (SSSR count). The number of rotatable bonds is 1. The Morgan fingerprint density at radius 1 is 1.37 bits per heavy atom. The van der Waals surface area contributed by atoms with E-state index in [0.717, 1.165) is 28.4 Å². The van der Waals surface area contributed by atoms with E-state index in [-0.39, 0.29) is 5.43 Å². The van der Waals surface area contributed by atoms with Crippen molar-refractivity contribution in [2.75, 3.05) is 13.6 Å². The number of fused-ring (bicyclic) bond motifs is 1. The highest BCUT2D eigenvalue weighted by Gasteiger charge is 2.18. The molecule has 1 atom stereocenters. The topological polar surface area (TPSA) is 25.2 Å². The van der Waals surface area contributed by atoms with Gasteiger partial charge in [-0.05, 0) is 33.8 Å². The molecule has 3 heteroatoms. The van der Waals surface area contributed by atoms with Crippen LogP contribution in [0.5, 0.6) is 0 Å². The van der Waals surface area contributed by atoms with E-state index < -0.39 is 0 Å². The van der Waals surface area contributed by atoms with Gasteiger partial charge in [-0.15, -0.1) is 0 Å². The Bertz CT molecular complexity index is 695. The van der Waals surface area contributed by atoms with Gasteiger partial charge >= 0.3 is 0 Å². The third-order valence-corrected chi connectivity index (χ3v) is 3.83. The standard InChI is InChI=1S/C16H22N2O/c1-6-7-8-14-15-13(4)17(5)10-12(3)18(15)9-11(2)16(14)19/h6-9,12H,10H2,1-5H3/b7-6-,14-8+. The first-order valence-electron chi connectivity index (χ1n) is 6.74. The number of hydrogen-bond donors (Lipinski definition) is 0. The zero-order valence-electron chi connectivity index (χ0n) is 12.4. The highest BCUT2D eigenvalue weighted by atomic mass is 16.1. The van der Waals surface area contributed by atoms with Crippen molar-refractivity contribution in [2.24, 2.45) is 0 Å². The van der Waals surface area contributed by atoms with Gasteiger partial charge in [-0.3, -0.25) is 4.79 Å². The van der Waals surface area contributed by atoms with Crippen LogP contribution in [0.25, 0.3) is 11.8 Å². The fraction of sp³-hybridized carbons (Fsp3) is 0.438. The monoisotopic (exact) mass is 258 g/mol. The lowest BCUT2D eigenvalue weighted by molar-refractivity contribution is 0.344.